The van der Waals surface area contributed by atoms with Crippen molar-refractivity contribution < 1.29 is 9.66 Å². The number of aromatic nitrogens is 2. The van der Waals surface area contributed by atoms with Gasteiger partial charge in [-0.05, 0) is 25.5 Å². The largest absolute Gasteiger partial charge is 0.495 e. The first-order valence-corrected chi connectivity index (χ1v) is 9.70. The van der Waals surface area contributed by atoms with E-state index in [2.05, 4.69) is 46.5 Å². The fourth-order valence-corrected chi connectivity index (χ4v) is 4.25. The predicted molar refractivity (Wildman–Crippen MR) is 115 cm³/mol. The number of nitrogens with zero attached hydrogens (tertiary/aromatic N) is 3. The van der Waals surface area contributed by atoms with Gasteiger partial charge in [0, 0.05) is 22.6 Å². The number of hydrogen-bond acceptors (Lipinski definition) is 7. The fourth-order valence-electron chi connectivity index (χ4n) is 3.24. The highest BCUT2D eigenvalue weighted by Gasteiger charge is 2.19. The molecule has 2 aromatic heterocycles. The molecule has 8 heteroatoms. The Morgan fingerprint density at radius 3 is 2.55 bits per heavy atom. The van der Waals surface area contributed by atoms with Gasteiger partial charge in [-0.25, -0.2) is 9.97 Å². The van der Waals surface area contributed by atoms with Crippen LogP contribution in [0.15, 0.2) is 48.8 Å². The lowest BCUT2D eigenvalue weighted by atomic mass is 10.0. The van der Waals surface area contributed by atoms with Crippen LogP contribution in [0.3, 0.4) is 0 Å². The number of hydrogen-bond donors (Lipinski definition) is 1. The van der Waals surface area contributed by atoms with Gasteiger partial charge < -0.3 is 10.1 Å². The van der Waals surface area contributed by atoms with Crippen LogP contribution in [0.2, 0.25) is 0 Å². The third-order valence-corrected chi connectivity index (χ3v) is 5.66. The van der Waals surface area contributed by atoms with Crippen LogP contribution in [0.5, 0.6) is 5.75 Å². The van der Waals surface area contributed by atoms with Gasteiger partial charge in [0.15, 0.2) is 0 Å². The lowest BCUT2D eigenvalue weighted by Gasteiger charge is -2.12. The molecule has 0 saturated heterocycles. The van der Waals surface area contributed by atoms with Gasteiger partial charge in [-0.1, -0.05) is 29.8 Å². The van der Waals surface area contributed by atoms with E-state index < -0.39 is 4.92 Å². The molecule has 146 valence electrons. The molecule has 7 nitrogen and oxygen atoms in total. The Morgan fingerprint density at radius 1 is 1.10 bits per heavy atom. The Morgan fingerprint density at radius 2 is 1.86 bits per heavy atom. The van der Waals surface area contributed by atoms with Crippen LogP contribution in [-0.4, -0.2) is 22.0 Å². The molecule has 0 bridgehead atoms. The Bertz CT molecular complexity index is 1220. The van der Waals surface area contributed by atoms with Gasteiger partial charge in [0.2, 0.25) is 0 Å². The molecule has 0 aliphatic rings. The quantitative estimate of drug-likeness (QED) is 0.341. The zero-order chi connectivity index (χ0) is 20.5. The van der Waals surface area contributed by atoms with Crippen molar-refractivity contribution in [3.05, 3.63) is 69.3 Å². The highest BCUT2D eigenvalue weighted by Crippen LogP contribution is 2.42. The number of nitro benzene ring substituents is 1. The molecule has 0 aliphatic carbocycles. The summed E-state index contributed by atoms with van der Waals surface area (Å²) in [4.78, 5) is 21.6. The topological polar surface area (TPSA) is 90.2 Å². The summed E-state index contributed by atoms with van der Waals surface area (Å²) in [5, 5.41) is 15.3. The normalized spacial score (nSPS) is 10.9. The van der Waals surface area contributed by atoms with E-state index in [4.69, 9.17) is 4.74 Å². The van der Waals surface area contributed by atoms with Crippen molar-refractivity contribution in [2.75, 3.05) is 12.4 Å². The van der Waals surface area contributed by atoms with Crippen LogP contribution in [0.4, 0.5) is 17.2 Å². The molecule has 0 fully saturated rings. The minimum Gasteiger partial charge on any atom is -0.495 e. The summed E-state index contributed by atoms with van der Waals surface area (Å²) in [6.07, 6.45) is 1.49. The van der Waals surface area contributed by atoms with Gasteiger partial charge in [0.25, 0.3) is 5.69 Å². The number of non-ortho nitro benzene ring substituents is 1. The van der Waals surface area contributed by atoms with E-state index in [0.29, 0.717) is 17.3 Å². The number of nitrogens with one attached hydrogen (secondary N) is 1. The van der Waals surface area contributed by atoms with E-state index in [-0.39, 0.29) is 5.69 Å². The minimum absolute atomic E-state index is 0.0288. The molecule has 0 amide bonds. The number of nitro groups is 1. The number of thiophene rings is 1. The summed E-state index contributed by atoms with van der Waals surface area (Å²) < 4.78 is 5.37. The smallest absolute Gasteiger partial charge is 0.271 e. The van der Waals surface area contributed by atoms with E-state index in [9.17, 15) is 10.1 Å². The van der Waals surface area contributed by atoms with Crippen molar-refractivity contribution in [1.82, 2.24) is 9.97 Å². The number of benzene rings is 2. The lowest BCUT2D eigenvalue weighted by Crippen LogP contribution is -1.99. The Labute approximate surface area is 171 Å². The molecule has 2 aromatic carbocycles. The maximum Gasteiger partial charge on any atom is 0.271 e. The summed E-state index contributed by atoms with van der Waals surface area (Å²) in [6.45, 7) is 4.10. The maximum absolute atomic E-state index is 11.2. The molecular weight excluding hydrogens is 388 g/mol. The molecule has 1 N–H and O–H groups in total. The molecule has 0 atom stereocenters. The predicted octanol–water partition coefficient (Wildman–Crippen LogP) is 5.64. The lowest BCUT2D eigenvalue weighted by molar-refractivity contribution is -0.384. The van der Waals surface area contributed by atoms with Gasteiger partial charge in [0.1, 0.15) is 22.7 Å². The number of fused-ring (bicyclic) bond motifs is 1. The summed E-state index contributed by atoms with van der Waals surface area (Å²) in [5.41, 5.74) is 3.75. The van der Waals surface area contributed by atoms with E-state index in [1.165, 1.54) is 31.1 Å². The molecule has 4 aromatic rings. The van der Waals surface area contributed by atoms with E-state index in [1.807, 2.05) is 6.92 Å². The SMILES string of the molecule is COc1ccc([N+](=O)[O-])cc1Nc1ncnc2sc(C)c(-c3ccc(C)cc3)c12. The van der Waals surface area contributed by atoms with E-state index >= 15 is 0 Å². The molecular formula is C21H18N4O3S. The molecule has 0 aliphatic heterocycles. The number of ether oxygens (including phenoxy) is 1. The standard InChI is InChI=1S/C21H18N4O3S/c1-12-4-6-14(7-5-12)18-13(2)29-21-19(18)20(22-11-23-21)24-16-10-15(25(26)27)8-9-17(16)28-3/h4-11H,1-3H3,(H,22,23,24). The molecule has 4 rings (SSSR count). The van der Waals surface area contributed by atoms with Crippen molar-refractivity contribution in [3.63, 3.8) is 0 Å². The number of methoxy groups -OCH3 is 1. The molecule has 29 heavy (non-hydrogen) atoms. The van der Waals surface area contributed by atoms with Gasteiger partial charge in [-0.15, -0.1) is 11.3 Å². The first-order valence-electron chi connectivity index (χ1n) is 8.88. The van der Waals surface area contributed by atoms with Crippen LogP contribution in [0, 0.1) is 24.0 Å². The first kappa shape index (κ1) is 18.8. The first-order chi connectivity index (χ1) is 14.0. The van der Waals surface area contributed by atoms with Gasteiger partial charge in [0.05, 0.1) is 23.1 Å². The Kier molecular flexibility index (Phi) is 4.85. The zero-order valence-electron chi connectivity index (χ0n) is 16.1. The second-order valence-electron chi connectivity index (χ2n) is 6.57. The van der Waals surface area contributed by atoms with Crippen LogP contribution >= 0.6 is 11.3 Å². The number of anilines is 2. The highest BCUT2D eigenvalue weighted by atomic mass is 32.1. The van der Waals surface area contributed by atoms with Crippen molar-refractivity contribution in [2.24, 2.45) is 0 Å². The third-order valence-electron chi connectivity index (χ3n) is 4.65. The average Bonchev–Trinajstić information content (AvgIpc) is 3.05. The minimum atomic E-state index is -0.438. The Hall–Kier alpha value is -3.52. The molecule has 0 radical (unpaired) electrons. The number of rotatable bonds is 5. The second-order valence-corrected chi connectivity index (χ2v) is 7.77. The summed E-state index contributed by atoms with van der Waals surface area (Å²) in [5.74, 6) is 1.07. The zero-order valence-corrected chi connectivity index (χ0v) is 16.9. The van der Waals surface area contributed by atoms with Crippen molar-refractivity contribution >= 4 is 38.7 Å². The van der Waals surface area contributed by atoms with Gasteiger partial charge in [-0.2, -0.15) is 0 Å². The van der Waals surface area contributed by atoms with Crippen LogP contribution in [0.25, 0.3) is 21.3 Å². The van der Waals surface area contributed by atoms with E-state index in [0.717, 1.165) is 26.2 Å². The van der Waals surface area contributed by atoms with Crippen LogP contribution in [-0.2, 0) is 0 Å². The fraction of sp³-hybridized carbons (Fsp3) is 0.143. The summed E-state index contributed by atoms with van der Waals surface area (Å²) in [7, 11) is 1.52. The monoisotopic (exact) mass is 406 g/mol. The average molecular weight is 406 g/mol. The van der Waals surface area contributed by atoms with Crippen molar-refractivity contribution in [3.8, 4) is 16.9 Å². The van der Waals surface area contributed by atoms with Crippen LogP contribution in [0.1, 0.15) is 10.4 Å². The van der Waals surface area contributed by atoms with E-state index in [1.54, 1.807) is 17.4 Å². The van der Waals surface area contributed by atoms with Gasteiger partial charge >= 0.3 is 0 Å². The maximum atomic E-state index is 11.2. The highest BCUT2D eigenvalue weighted by molar-refractivity contribution is 7.19. The summed E-state index contributed by atoms with van der Waals surface area (Å²) >= 11 is 1.59. The number of aryl methyl sites for hydroxylation is 2. The van der Waals surface area contributed by atoms with Crippen molar-refractivity contribution in [2.45, 2.75) is 13.8 Å². The Balaban J connectivity index is 1.89. The summed E-state index contributed by atoms with van der Waals surface area (Å²) in [6, 6.07) is 12.7. The van der Waals surface area contributed by atoms with Gasteiger partial charge in [-0.3, -0.25) is 10.1 Å². The van der Waals surface area contributed by atoms with Crippen LogP contribution < -0.4 is 10.1 Å². The molecule has 0 unspecified atom stereocenters. The molecule has 2 heterocycles. The van der Waals surface area contributed by atoms with Crippen molar-refractivity contribution in [1.29, 1.82) is 0 Å². The second kappa shape index (κ2) is 7.48. The molecule has 0 saturated carbocycles. The third kappa shape index (κ3) is 3.50. The molecule has 0 spiro atoms.